The molecule has 0 spiro atoms. The molecule has 4 heterocycles. The molecule has 0 amide bonds. The summed E-state index contributed by atoms with van der Waals surface area (Å²) < 4.78 is 37.1. The number of nitrogens with zero attached hydrogens (tertiary/aromatic N) is 9. The fraction of sp³-hybridized carbons (Fsp3) is 0. The van der Waals surface area contributed by atoms with Crippen LogP contribution in [-0.4, -0.2) is 39.0 Å². The van der Waals surface area contributed by atoms with Gasteiger partial charge in [-0.1, -0.05) is 194 Å². The van der Waals surface area contributed by atoms with E-state index in [2.05, 4.69) is 21.5 Å². The third-order valence-electron chi connectivity index (χ3n) is 14.2. The fourth-order valence-electron chi connectivity index (χ4n) is 10.6. The maximum absolute atomic E-state index is 16.6. The number of halogens is 2. The van der Waals surface area contributed by atoms with E-state index >= 15 is 8.78 Å². The number of fused-ring (bicyclic) bond motifs is 6. The Morgan fingerprint density at radius 1 is 0.321 bits per heavy atom. The van der Waals surface area contributed by atoms with Gasteiger partial charge in [-0.3, -0.25) is 0 Å². The first-order chi connectivity index (χ1) is 38.5. The normalized spacial score (nSPS) is 11.4. The van der Waals surface area contributed by atoms with Gasteiger partial charge in [0.2, 0.25) is 5.69 Å². The zero-order valence-electron chi connectivity index (χ0n) is 41.3. The summed E-state index contributed by atoms with van der Waals surface area (Å²) in [6.45, 7) is 9.26. The predicted molar refractivity (Wildman–Crippen MR) is 306 cm³/mol. The Morgan fingerprint density at radius 2 is 0.679 bits per heavy atom. The molecule has 0 radical (unpaired) electrons. The molecule has 0 saturated carbocycles. The first-order valence-corrected chi connectivity index (χ1v) is 25.3. The molecule has 14 aromatic rings. The number of rotatable bonds is 9. The van der Waals surface area contributed by atoms with Crippen LogP contribution < -0.4 is 0 Å². The summed E-state index contributed by atoms with van der Waals surface area (Å²) >= 11 is 0. The van der Waals surface area contributed by atoms with Gasteiger partial charge in [0.1, 0.15) is 11.6 Å². The Hall–Kier alpha value is -10.8. The van der Waals surface area contributed by atoms with Gasteiger partial charge in [0.05, 0.1) is 45.6 Å². The summed E-state index contributed by atoms with van der Waals surface area (Å²) in [4.78, 5) is 34.5. The Morgan fingerprint density at radius 3 is 1.10 bits per heavy atom. The highest BCUT2D eigenvalue weighted by Crippen LogP contribution is 2.47. The molecule has 0 aliphatic heterocycles. The first kappa shape index (κ1) is 45.8. The molecule has 0 atom stereocenters. The maximum Gasteiger partial charge on any atom is 0.234 e. The summed E-state index contributed by atoms with van der Waals surface area (Å²) in [5.74, 6) is 1.39. The summed E-state index contributed by atoms with van der Waals surface area (Å²) in [5.41, 5.74) is 8.56. The molecule has 0 saturated heterocycles. The van der Waals surface area contributed by atoms with Crippen molar-refractivity contribution in [3.63, 3.8) is 0 Å². The van der Waals surface area contributed by atoms with E-state index in [0.29, 0.717) is 57.4 Å². The quantitative estimate of drug-likeness (QED) is 0.134. The topological polar surface area (TPSA) is 91.6 Å². The molecule has 9 nitrogen and oxygen atoms in total. The van der Waals surface area contributed by atoms with Crippen LogP contribution in [0.5, 0.6) is 0 Å². The molecule has 366 valence electrons. The van der Waals surface area contributed by atoms with Crippen molar-refractivity contribution in [2.24, 2.45) is 0 Å². The van der Waals surface area contributed by atoms with Crippen molar-refractivity contribution >= 4 is 49.3 Å². The Balaban J connectivity index is 1.04. The lowest BCUT2D eigenvalue weighted by Crippen LogP contribution is -2.04. The Labute approximate surface area is 445 Å². The Bertz CT molecular complexity index is 4570. The van der Waals surface area contributed by atoms with Crippen LogP contribution in [0.4, 0.5) is 14.5 Å². The monoisotopic (exact) mass is 1010 g/mol. The molecular formula is C67H39F2N9. The number of benzene rings is 10. The van der Waals surface area contributed by atoms with Gasteiger partial charge in [-0.2, -0.15) is 0 Å². The van der Waals surface area contributed by atoms with Crippen molar-refractivity contribution < 1.29 is 8.78 Å². The average Bonchev–Trinajstić information content (AvgIpc) is 4.18. The van der Waals surface area contributed by atoms with E-state index in [0.717, 1.165) is 65.9 Å². The summed E-state index contributed by atoms with van der Waals surface area (Å²) in [6, 6.07) is 74.5. The van der Waals surface area contributed by atoms with Crippen molar-refractivity contribution in [1.82, 2.24) is 39.0 Å². The van der Waals surface area contributed by atoms with Crippen LogP contribution in [0, 0.1) is 18.2 Å². The largest absolute Gasteiger partial charge is 0.319 e. The third-order valence-corrected chi connectivity index (χ3v) is 14.2. The number of para-hydroxylation sites is 2. The second kappa shape index (κ2) is 18.8. The third kappa shape index (κ3) is 7.74. The van der Waals surface area contributed by atoms with E-state index in [-0.39, 0.29) is 16.8 Å². The van der Waals surface area contributed by atoms with E-state index in [1.54, 1.807) is 12.1 Å². The zero-order valence-corrected chi connectivity index (χ0v) is 41.3. The minimum atomic E-state index is -0.767. The van der Waals surface area contributed by atoms with E-state index in [1.807, 2.05) is 199 Å². The van der Waals surface area contributed by atoms with E-state index in [4.69, 9.17) is 29.9 Å². The van der Waals surface area contributed by atoms with Crippen molar-refractivity contribution in [1.29, 1.82) is 0 Å². The highest BCUT2D eigenvalue weighted by atomic mass is 19.1. The highest BCUT2D eigenvalue weighted by molar-refractivity contribution is 6.13. The number of aromatic nitrogens is 8. The van der Waals surface area contributed by atoms with Crippen LogP contribution in [0.25, 0.3) is 139 Å². The fourth-order valence-corrected chi connectivity index (χ4v) is 10.6. The van der Waals surface area contributed by atoms with E-state index in [9.17, 15) is 6.57 Å². The smallest absolute Gasteiger partial charge is 0.234 e. The lowest BCUT2D eigenvalue weighted by molar-refractivity contribution is 0.589. The van der Waals surface area contributed by atoms with E-state index in [1.165, 1.54) is 18.2 Å². The van der Waals surface area contributed by atoms with Crippen LogP contribution in [0.1, 0.15) is 0 Å². The number of hydrogen-bond acceptors (Lipinski definition) is 6. The summed E-state index contributed by atoms with van der Waals surface area (Å²) in [5, 5.41) is 3.57. The van der Waals surface area contributed by atoms with Gasteiger partial charge in [-0.05, 0) is 42.5 Å². The molecule has 10 aromatic carbocycles. The van der Waals surface area contributed by atoms with Crippen molar-refractivity contribution in [3.05, 3.63) is 260 Å². The summed E-state index contributed by atoms with van der Waals surface area (Å²) in [7, 11) is 0. The standard InChI is InChI=1S/C67H39F2N9/c1-70-60-56(77-54-31-16-14-27-47(54)49-35-33-45(39-57(49)77)66-73-62(41-19-6-2-7-20-41)71-63(74-66)42-21-8-3-9-22-42)38-37-51(59-52(68)29-18-30-53(59)69)61(60)78-55-32-17-15-28-48(55)50-36-34-46(40-58(50)78)67-75-64(43-23-10-4-11-24-43)72-65(76-67)44-25-12-5-13-26-44/h2-40H. The molecule has 4 aromatic heterocycles. The Kier molecular flexibility index (Phi) is 11.0. The zero-order chi connectivity index (χ0) is 52.3. The van der Waals surface area contributed by atoms with Gasteiger partial charge < -0.3 is 9.13 Å². The molecular weight excluding hydrogens is 969 g/mol. The lowest BCUT2D eigenvalue weighted by atomic mass is 9.99. The van der Waals surface area contributed by atoms with Crippen molar-refractivity contribution in [2.75, 3.05) is 0 Å². The van der Waals surface area contributed by atoms with Gasteiger partial charge in [-0.25, -0.2) is 43.5 Å². The molecule has 11 heteroatoms. The molecule has 0 N–H and O–H groups in total. The van der Waals surface area contributed by atoms with Crippen LogP contribution in [-0.2, 0) is 0 Å². The van der Waals surface area contributed by atoms with Crippen LogP contribution >= 0.6 is 0 Å². The van der Waals surface area contributed by atoms with Gasteiger partial charge in [0, 0.05) is 60.5 Å². The molecule has 0 fully saturated rings. The van der Waals surface area contributed by atoms with Gasteiger partial charge >= 0.3 is 0 Å². The molecule has 0 aliphatic carbocycles. The van der Waals surface area contributed by atoms with Gasteiger partial charge in [-0.15, -0.1) is 0 Å². The summed E-state index contributed by atoms with van der Waals surface area (Å²) in [6.07, 6.45) is 0. The predicted octanol–water partition coefficient (Wildman–Crippen LogP) is 16.7. The minimum Gasteiger partial charge on any atom is -0.319 e. The molecule has 0 unspecified atom stereocenters. The number of hydrogen-bond donors (Lipinski definition) is 0. The maximum atomic E-state index is 16.6. The second-order valence-corrected chi connectivity index (χ2v) is 18.8. The molecule has 0 bridgehead atoms. The molecule has 14 rings (SSSR count). The second-order valence-electron chi connectivity index (χ2n) is 18.8. The van der Waals surface area contributed by atoms with Crippen molar-refractivity contribution in [3.8, 4) is 90.8 Å². The lowest BCUT2D eigenvalue weighted by Gasteiger charge is -2.21. The van der Waals surface area contributed by atoms with Gasteiger partial charge in [0.25, 0.3) is 0 Å². The van der Waals surface area contributed by atoms with Crippen LogP contribution in [0.3, 0.4) is 0 Å². The van der Waals surface area contributed by atoms with Gasteiger partial charge in [0.15, 0.2) is 34.9 Å². The average molecular weight is 1010 g/mol. The molecule has 78 heavy (non-hydrogen) atoms. The van der Waals surface area contributed by atoms with E-state index < -0.39 is 11.6 Å². The van der Waals surface area contributed by atoms with Crippen molar-refractivity contribution in [2.45, 2.75) is 0 Å². The van der Waals surface area contributed by atoms with Crippen LogP contribution in [0.15, 0.2) is 237 Å². The minimum absolute atomic E-state index is 0.159. The SMILES string of the molecule is [C-]#[N+]c1c(-n2c3ccccc3c3ccc(-c4nc(-c5ccccc5)nc(-c5ccccc5)n4)cc32)ccc(-c2c(F)cccc2F)c1-n1c2ccccc2c2ccc(-c3nc(-c4ccccc4)nc(-c4ccccc4)n3)cc21. The molecule has 0 aliphatic rings. The highest BCUT2D eigenvalue weighted by Gasteiger charge is 2.28. The van der Waals surface area contributed by atoms with Crippen LogP contribution in [0.2, 0.25) is 0 Å². The first-order valence-electron chi connectivity index (χ1n) is 25.3.